The molecule has 1 N–H and O–H groups in total. The van der Waals surface area contributed by atoms with Gasteiger partial charge in [0.25, 0.3) is 6.43 Å². The highest BCUT2D eigenvalue weighted by atomic mass is 35.5. The summed E-state index contributed by atoms with van der Waals surface area (Å²) in [6.07, 6.45) is -2.32. The van der Waals surface area contributed by atoms with Crippen molar-refractivity contribution in [2.45, 2.75) is 19.9 Å². The minimum atomic E-state index is -2.32. The second-order valence-electron chi connectivity index (χ2n) is 3.12. The molecule has 1 aromatic carbocycles. The molecule has 0 amide bonds. The number of aryl methyl sites for hydroxylation is 1. The highest BCUT2D eigenvalue weighted by Gasteiger charge is 2.03. The number of nitrogens with one attached hydrogen (secondary N) is 1. The van der Waals surface area contributed by atoms with Gasteiger partial charge in [-0.15, -0.1) is 0 Å². The number of hydrogen-bond donors (Lipinski definition) is 1. The van der Waals surface area contributed by atoms with Crippen LogP contribution in [0, 0.1) is 6.92 Å². The lowest BCUT2D eigenvalue weighted by Gasteiger charge is -2.06. The van der Waals surface area contributed by atoms with Gasteiger partial charge in [-0.2, -0.15) is 0 Å². The Bertz CT molecular complexity index is 302. The van der Waals surface area contributed by atoms with Crippen molar-refractivity contribution in [2.24, 2.45) is 0 Å². The van der Waals surface area contributed by atoms with Crippen molar-refractivity contribution in [2.75, 3.05) is 6.54 Å². The zero-order valence-electron chi connectivity index (χ0n) is 7.86. The molecule has 1 rings (SSSR count). The third-order valence-electron chi connectivity index (χ3n) is 1.82. The van der Waals surface area contributed by atoms with Crippen molar-refractivity contribution in [3.8, 4) is 0 Å². The molecule has 0 aliphatic carbocycles. The monoisotopic (exact) mass is 219 g/mol. The Morgan fingerprint density at radius 2 is 2.14 bits per heavy atom. The summed E-state index contributed by atoms with van der Waals surface area (Å²) in [7, 11) is 0. The summed E-state index contributed by atoms with van der Waals surface area (Å²) in [6, 6.07) is 5.57. The molecular formula is C10H12ClF2N. The van der Waals surface area contributed by atoms with E-state index >= 15 is 0 Å². The number of halogens is 3. The maximum Gasteiger partial charge on any atom is 0.250 e. The molecule has 4 heteroatoms. The minimum absolute atomic E-state index is 0.301. The molecule has 0 bridgehead atoms. The van der Waals surface area contributed by atoms with Crippen LogP contribution in [0.15, 0.2) is 18.2 Å². The summed E-state index contributed by atoms with van der Waals surface area (Å²) in [5, 5.41) is 3.24. The standard InChI is InChI=1S/C10H12ClF2N/c1-7-2-3-8(9(11)4-7)5-14-6-10(12)13/h2-4,10,14H,5-6H2,1H3. The topological polar surface area (TPSA) is 12.0 Å². The number of hydrogen-bond acceptors (Lipinski definition) is 1. The van der Waals surface area contributed by atoms with Crippen molar-refractivity contribution in [3.63, 3.8) is 0 Å². The smallest absolute Gasteiger partial charge is 0.250 e. The van der Waals surface area contributed by atoms with Crippen LogP contribution in [0.2, 0.25) is 5.02 Å². The van der Waals surface area contributed by atoms with Crippen molar-refractivity contribution < 1.29 is 8.78 Å². The normalized spacial score (nSPS) is 10.9. The van der Waals surface area contributed by atoms with Gasteiger partial charge in [-0.25, -0.2) is 8.78 Å². The van der Waals surface area contributed by atoms with E-state index in [0.29, 0.717) is 11.6 Å². The lowest BCUT2D eigenvalue weighted by Crippen LogP contribution is -2.20. The van der Waals surface area contributed by atoms with Crippen LogP contribution >= 0.6 is 11.6 Å². The first-order chi connectivity index (χ1) is 6.59. The fourth-order valence-corrected chi connectivity index (χ4v) is 1.41. The predicted octanol–water partition coefficient (Wildman–Crippen LogP) is 3.00. The maximum atomic E-state index is 11.8. The first-order valence-corrected chi connectivity index (χ1v) is 4.71. The molecule has 0 fully saturated rings. The van der Waals surface area contributed by atoms with Crippen molar-refractivity contribution in [1.29, 1.82) is 0 Å². The van der Waals surface area contributed by atoms with Crippen LogP contribution < -0.4 is 5.32 Å². The highest BCUT2D eigenvalue weighted by Crippen LogP contribution is 2.17. The van der Waals surface area contributed by atoms with E-state index in [0.717, 1.165) is 11.1 Å². The molecule has 0 saturated carbocycles. The molecule has 78 valence electrons. The zero-order chi connectivity index (χ0) is 10.6. The molecule has 0 spiro atoms. The lowest BCUT2D eigenvalue weighted by molar-refractivity contribution is 0.145. The number of benzene rings is 1. The minimum Gasteiger partial charge on any atom is -0.307 e. The molecule has 0 atom stereocenters. The van der Waals surface area contributed by atoms with Crippen LogP contribution in [0.25, 0.3) is 0 Å². The molecule has 1 nitrogen and oxygen atoms in total. The zero-order valence-corrected chi connectivity index (χ0v) is 8.61. The summed E-state index contributed by atoms with van der Waals surface area (Å²) >= 11 is 5.92. The van der Waals surface area contributed by atoms with Gasteiger partial charge in [0.05, 0.1) is 6.54 Å². The van der Waals surface area contributed by atoms with Gasteiger partial charge < -0.3 is 5.32 Å². The fourth-order valence-electron chi connectivity index (χ4n) is 1.11. The van der Waals surface area contributed by atoms with Crippen LogP contribution in [0.1, 0.15) is 11.1 Å². The maximum absolute atomic E-state index is 11.8. The Labute approximate surface area is 87.1 Å². The fraction of sp³-hybridized carbons (Fsp3) is 0.400. The van der Waals surface area contributed by atoms with Crippen LogP contribution in [0.3, 0.4) is 0 Å². The van der Waals surface area contributed by atoms with Crippen LogP contribution in [0.4, 0.5) is 8.78 Å². The Balaban J connectivity index is 2.51. The summed E-state index contributed by atoms with van der Waals surface area (Å²) in [6.45, 7) is 2.01. The Morgan fingerprint density at radius 1 is 1.43 bits per heavy atom. The van der Waals surface area contributed by atoms with E-state index in [1.807, 2.05) is 25.1 Å². The Hall–Kier alpha value is -0.670. The second kappa shape index (κ2) is 5.27. The first kappa shape index (κ1) is 11.4. The molecule has 0 heterocycles. The molecule has 0 aliphatic heterocycles. The van der Waals surface area contributed by atoms with Gasteiger partial charge in [-0.1, -0.05) is 23.7 Å². The molecule has 0 saturated heterocycles. The van der Waals surface area contributed by atoms with Gasteiger partial charge in [0, 0.05) is 11.6 Å². The average molecular weight is 220 g/mol. The summed E-state index contributed by atoms with van der Waals surface area (Å²) < 4.78 is 23.6. The first-order valence-electron chi connectivity index (χ1n) is 4.33. The van der Waals surface area contributed by atoms with Gasteiger partial charge in [0.2, 0.25) is 0 Å². The third kappa shape index (κ3) is 3.60. The molecule has 1 aromatic rings. The van der Waals surface area contributed by atoms with Gasteiger partial charge in [0.15, 0.2) is 0 Å². The van der Waals surface area contributed by atoms with Crippen LogP contribution in [-0.2, 0) is 6.54 Å². The van der Waals surface area contributed by atoms with E-state index in [1.165, 1.54) is 0 Å². The van der Waals surface area contributed by atoms with Gasteiger partial charge in [-0.3, -0.25) is 0 Å². The van der Waals surface area contributed by atoms with E-state index in [-0.39, 0.29) is 6.54 Å². The van der Waals surface area contributed by atoms with Crippen molar-refractivity contribution in [3.05, 3.63) is 34.3 Å². The molecule has 0 radical (unpaired) electrons. The predicted molar refractivity (Wildman–Crippen MR) is 53.9 cm³/mol. The average Bonchev–Trinajstić information content (AvgIpc) is 2.08. The Morgan fingerprint density at radius 3 is 2.71 bits per heavy atom. The molecule has 0 aliphatic rings. The summed E-state index contributed by atoms with van der Waals surface area (Å²) in [4.78, 5) is 0. The van der Waals surface area contributed by atoms with Crippen molar-refractivity contribution >= 4 is 11.6 Å². The van der Waals surface area contributed by atoms with E-state index in [2.05, 4.69) is 5.32 Å². The Kier molecular flexibility index (Phi) is 4.29. The molecule has 0 aromatic heterocycles. The van der Waals surface area contributed by atoms with Gasteiger partial charge >= 0.3 is 0 Å². The molecule has 14 heavy (non-hydrogen) atoms. The summed E-state index contributed by atoms with van der Waals surface area (Å²) in [5.74, 6) is 0. The second-order valence-corrected chi connectivity index (χ2v) is 3.52. The highest BCUT2D eigenvalue weighted by molar-refractivity contribution is 6.31. The SMILES string of the molecule is Cc1ccc(CNCC(F)F)c(Cl)c1. The third-order valence-corrected chi connectivity index (χ3v) is 2.17. The van der Waals surface area contributed by atoms with Gasteiger partial charge in [-0.05, 0) is 24.1 Å². The quantitative estimate of drug-likeness (QED) is 0.821. The van der Waals surface area contributed by atoms with Crippen LogP contribution in [0.5, 0.6) is 0 Å². The number of alkyl halides is 2. The van der Waals surface area contributed by atoms with E-state index in [4.69, 9.17) is 11.6 Å². The van der Waals surface area contributed by atoms with E-state index < -0.39 is 6.43 Å². The van der Waals surface area contributed by atoms with Crippen molar-refractivity contribution in [1.82, 2.24) is 5.32 Å². The van der Waals surface area contributed by atoms with E-state index in [1.54, 1.807) is 0 Å². The largest absolute Gasteiger partial charge is 0.307 e. The lowest BCUT2D eigenvalue weighted by atomic mass is 10.1. The van der Waals surface area contributed by atoms with E-state index in [9.17, 15) is 8.78 Å². The molecule has 0 unspecified atom stereocenters. The summed E-state index contributed by atoms with van der Waals surface area (Å²) in [5.41, 5.74) is 1.91. The van der Waals surface area contributed by atoms with Gasteiger partial charge in [0.1, 0.15) is 0 Å². The van der Waals surface area contributed by atoms with Crippen LogP contribution in [-0.4, -0.2) is 13.0 Å². The number of rotatable bonds is 4. The molecular weight excluding hydrogens is 208 g/mol.